The highest BCUT2D eigenvalue weighted by molar-refractivity contribution is 14.1. The minimum Gasteiger partial charge on any atom is -0.298 e. The third kappa shape index (κ3) is 3.04. The Bertz CT molecular complexity index is 539. The first-order valence-corrected chi connectivity index (χ1v) is 7.11. The lowest BCUT2D eigenvalue weighted by Crippen LogP contribution is -2.12. The zero-order valence-corrected chi connectivity index (χ0v) is 12.2. The average molecular weight is 358 g/mol. The predicted molar refractivity (Wildman–Crippen MR) is 78.6 cm³/mol. The molecule has 0 aliphatic carbocycles. The number of amides is 1. The molecule has 1 N–H and O–H groups in total. The number of aromatic nitrogens is 1. The third-order valence-corrected chi connectivity index (χ3v) is 4.24. The number of rotatable bonds is 3. The molecule has 0 saturated heterocycles. The number of carbonyl (C=O) groups is 1. The summed E-state index contributed by atoms with van der Waals surface area (Å²) < 4.78 is 0.940. The number of thiazole rings is 1. The lowest BCUT2D eigenvalue weighted by atomic mass is 10.2. The number of carbonyl (C=O) groups excluding carboxylic acids is 1. The summed E-state index contributed by atoms with van der Waals surface area (Å²) >= 11 is 3.67. The van der Waals surface area contributed by atoms with Crippen molar-refractivity contribution in [2.75, 3.05) is 5.32 Å². The summed E-state index contributed by atoms with van der Waals surface area (Å²) in [6.07, 6.45) is 2.74. The Morgan fingerprint density at radius 3 is 2.88 bits per heavy atom. The second kappa shape index (κ2) is 5.59. The van der Waals surface area contributed by atoms with Crippen LogP contribution in [0.3, 0.4) is 0 Å². The zero-order chi connectivity index (χ0) is 12.3. The molecule has 0 aliphatic rings. The number of nitrogens with one attached hydrogen (secondary N) is 1. The summed E-state index contributed by atoms with van der Waals surface area (Å²) in [6, 6.07) is 7.49. The van der Waals surface area contributed by atoms with Gasteiger partial charge in [-0.05, 0) is 41.1 Å². The quantitative estimate of drug-likeness (QED) is 0.853. The minimum absolute atomic E-state index is 0.105. The summed E-state index contributed by atoms with van der Waals surface area (Å²) in [5.41, 5.74) is 0.682. The highest BCUT2D eigenvalue weighted by atomic mass is 127. The number of benzene rings is 1. The van der Waals surface area contributed by atoms with Gasteiger partial charge in [0, 0.05) is 14.6 Å². The molecule has 2 rings (SSSR count). The van der Waals surface area contributed by atoms with E-state index in [9.17, 15) is 4.79 Å². The van der Waals surface area contributed by atoms with Crippen LogP contribution in [0.25, 0.3) is 0 Å². The molecule has 1 aromatic heterocycles. The maximum Gasteiger partial charge on any atom is 0.258 e. The van der Waals surface area contributed by atoms with Crippen LogP contribution in [0.5, 0.6) is 0 Å². The molecule has 0 radical (unpaired) electrons. The fraction of sp³-hybridized carbons (Fsp3) is 0.167. The van der Waals surface area contributed by atoms with Crippen LogP contribution in [0.2, 0.25) is 0 Å². The van der Waals surface area contributed by atoms with Crippen LogP contribution in [0, 0.1) is 3.57 Å². The Morgan fingerprint density at radius 2 is 2.24 bits per heavy atom. The van der Waals surface area contributed by atoms with E-state index in [0.717, 1.165) is 9.99 Å². The van der Waals surface area contributed by atoms with Gasteiger partial charge in [-0.2, -0.15) is 0 Å². The van der Waals surface area contributed by atoms with Crippen LogP contribution in [0.15, 0.2) is 30.5 Å². The van der Waals surface area contributed by atoms with Gasteiger partial charge in [0.25, 0.3) is 5.91 Å². The Kier molecular flexibility index (Phi) is 4.11. The maximum absolute atomic E-state index is 12.0. The first-order chi connectivity index (χ1) is 8.20. The van der Waals surface area contributed by atoms with Crippen LogP contribution >= 0.6 is 33.9 Å². The Morgan fingerprint density at radius 1 is 1.47 bits per heavy atom. The van der Waals surface area contributed by atoms with Crippen LogP contribution in [0.4, 0.5) is 5.13 Å². The highest BCUT2D eigenvalue weighted by Gasteiger charge is 2.11. The fourth-order valence-corrected chi connectivity index (χ4v) is 2.72. The monoisotopic (exact) mass is 358 g/mol. The predicted octanol–water partition coefficient (Wildman–Crippen LogP) is 3.56. The molecule has 1 heterocycles. The molecule has 17 heavy (non-hydrogen) atoms. The van der Waals surface area contributed by atoms with Crippen molar-refractivity contribution >= 4 is 45.0 Å². The van der Waals surface area contributed by atoms with E-state index in [4.69, 9.17) is 0 Å². The van der Waals surface area contributed by atoms with E-state index in [-0.39, 0.29) is 5.91 Å². The first kappa shape index (κ1) is 12.5. The largest absolute Gasteiger partial charge is 0.298 e. The minimum atomic E-state index is -0.105. The number of anilines is 1. The van der Waals surface area contributed by atoms with Gasteiger partial charge in [-0.3, -0.25) is 10.1 Å². The summed E-state index contributed by atoms with van der Waals surface area (Å²) in [5.74, 6) is -0.105. The Hall–Kier alpha value is -0.950. The van der Waals surface area contributed by atoms with E-state index in [1.54, 1.807) is 6.20 Å². The fourth-order valence-electron chi connectivity index (χ4n) is 1.34. The van der Waals surface area contributed by atoms with Gasteiger partial charge in [0.05, 0.1) is 5.56 Å². The van der Waals surface area contributed by atoms with Gasteiger partial charge in [0.1, 0.15) is 0 Å². The van der Waals surface area contributed by atoms with Crippen LogP contribution < -0.4 is 5.32 Å². The maximum atomic E-state index is 12.0. The van der Waals surface area contributed by atoms with E-state index < -0.39 is 0 Å². The summed E-state index contributed by atoms with van der Waals surface area (Å²) in [7, 11) is 0. The molecule has 0 atom stereocenters. The number of aryl methyl sites for hydroxylation is 1. The SMILES string of the molecule is CCc1cnc(NC(=O)c2ccccc2I)s1. The standard InChI is InChI=1S/C12H11IN2OS/c1-2-8-7-14-12(17-8)15-11(16)9-5-3-4-6-10(9)13/h3-7H,2H2,1H3,(H,14,15,16). The molecule has 2 aromatic rings. The Labute approximate surface area is 117 Å². The van der Waals surface area contributed by atoms with Gasteiger partial charge in [-0.1, -0.05) is 19.1 Å². The number of hydrogen-bond acceptors (Lipinski definition) is 3. The van der Waals surface area contributed by atoms with E-state index in [1.807, 2.05) is 24.3 Å². The van der Waals surface area contributed by atoms with E-state index in [2.05, 4.69) is 39.8 Å². The molecule has 1 amide bonds. The second-order valence-electron chi connectivity index (χ2n) is 3.42. The molecule has 0 saturated carbocycles. The molecule has 0 unspecified atom stereocenters. The van der Waals surface area contributed by atoms with Crippen molar-refractivity contribution in [3.05, 3.63) is 44.5 Å². The van der Waals surface area contributed by atoms with Gasteiger partial charge in [0.2, 0.25) is 0 Å². The third-order valence-electron chi connectivity index (χ3n) is 2.24. The molecule has 0 spiro atoms. The molecule has 0 fully saturated rings. The summed E-state index contributed by atoms with van der Waals surface area (Å²) in [5, 5.41) is 3.48. The van der Waals surface area contributed by atoms with E-state index >= 15 is 0 Å². The number of hydrogen-bond donors (Lipinski definition) is 1. The zero-order valence-electron chi connectivity index (χ0n) is 9.24. The van der Waals surface area contributed by atoms with Crippen molar-refractivity contribution in [3.63, 3.8) is 0 Å². The lowest BCUT2D eigenvalue weighted by Gasteiger charge is -2.03. The molecular weight excluding hydrogens is 347 g/mol. The topological polar surface area (TPSA) is 42.0 Å². The molecule has 88 valence electrons. The molecule has 3 nitrogen and oxygen atoms in total. The van der Waals surface area contributed by atoms with E-state index in [0.29, 0.717) is 10.7 Å². The van der Waals surface area contributed by atoms with Crippen molar-refractivity contribution < 1.29 is 4.79 Å². The van der Waals surface area contributed by atoms with Crippen molar-refractivity contribution in [3.8, 4) is 0 Å². The summed E-state index contributed by atoms with van der Waals surface area (Å²) in [6.45, 7) is 2.07. The Balaban J connectivity index is 2.14. The number of nitrogens with zero attached hydrogens (tertiary/aromatic N) is 1. The molecule has 0 bridgehead atoms. The first-order valence-electron chi connectivity index (χ1n) is 5.21. The van der Waals surface area contributed by atoms with Gasteiger partial charge in [-0.25, -0.2) is 4.98 Å². The van der Waals surface area contributed by atoms with Crippen molar-refractivity contribution in [2.45, 2.75) is 13.3 Å². The van der Waals surface area contributed by atoms with Gasteiger partial charge in [-0.15, -0.1) is 11.3 Å². The van der Waals surface area contributed by atoms with Crippen LogP contribution in [0.1, 0.15) is 22.2 Å². The van der Waals surface area contributed by atoms with Crippen LogP contribution in [-0.2, 0) is 6.42 Å². The smallest absolute Gasteiger partial charge is 0.258 e. The second-order valence-corrected chi connectivity index (χ2v) is 5.70. The molecular formula is C12H11IN2OS. The normalized spacial score (nSPS) is 10.2. The lowest BCUT2D eigenvalue weighted by molar-refractivity contribution is 0.102. The van der Waals surface area contributed by atoms with Gasteiger partial charge < -0.3 is 0 Å². The van der Waals surface area contributed by atoms with Crippen molar-refractivity contribution in [1.29, 1.82) is 0 Å². The van der Waals surface area contributed by atoms with E-state index in [1.165, 1.54) is 16.2 Å². The van der Waals surface area contributed by atoms with Gasteiger partial charge in [0.15, 0.2) is 5.13 Å². The van der Waals surface area contributed by atoms with Gasteiger partial charge >= 0.3 is 0 Å². The molecule has 1 aromatic carbocycles. The van der Waals surface area contributed by atoms with Crippen molar-refractivity contribution in [2.24, 2.45) is 0 Å². The highest BCUT2D eigenvalue weighted by Crippen LogP contribution is 2.20. The average Bonchev–Trinajstić information content (AvgIpc) is 2.77. The van der Waals surface area contributed by atoms with Crippen molar-refractivity contribution in [1.82, 2.24) is 4.98 Å². The van der Waals surface area contributed by atoms with Crippen LogP contribution in [-0.4, -0.2) is 10.9 Å². The summed E-state index contributed by atoms with van der Waals surface area (Å²) in [4.78, 5) is 17.3. The molecule has 0 aliphatic heterocycles. The molecule has 5 heteroatoms. The number of halogens is 1.